The highest BCUT2D eigenvalue weighted by Crippen LogP contribution is 2.21. The van der Waals surface area contributed by atoms with Crippen molar-refractivity contribution in [3.8, 4) is 0 Å². The second kappa shape index (κ2) is 7.94. The van der Waals surface area contributed by atoms with Crippen LogP contribution in [0.15, 0.2) is 60.1 Å². The molecule has 1 aromatic carbocycles. The summed E-state index contributed by atoms with van der Waals surface area (Å²) in [5, 5.41) is 7.42. The second-order valence-corrected chi connectivity index (χ2v) is 6.59. The van der Waals surface area contributed by atoms with Crippen LogP contribution in [0.2, 0.25) is 0 Å². The van der Waals surface area contributed by atoms with Gasteiger partial charge in [0.25, 0.3) is 5.91 Å². The monoisotopic (exact) mass is 353 g/mol. The number of hydrogen-bond donors (Lipinski definition) is 1. The van der Waals surface area contributed by atoms with Crippen molar-refractivity contribution in [3.63, 3.8) is 0 Å². The van der Waals surface area contributed by atoms with Crippen molar-refractivity contribution in [1.29, 1.82) is 0 Å². The molecule has 0 aliphatic heterocycles. The number of nitrogens with zero attached hydrogens (tertiary/aromatic N) is 4. The van der Waals surface area contributed by atoms with E-state index in [9.17, 15) is 4.79 Å². The Kier molecular flexibility index (Phi) is 5.45. The Hall–Kier alpha value is -2.67. The van der Waals surface area contributed by atoms with E-state index in [-0.39, 0.29) is 11.9 Å². The third kappa shape index (κ3) is 4.24. The topological polar surface area (TPSA) is 74.8 Å². The molecule has 0 saturated carbocycles. The molecule has 0 aliphatic carbocycles. The highest BCUT2D eigenvalue weighted by atomic mass is 32.2. The van der Waals surface area contributed by atoms with Gasteiger partial charge in [0, 0.05) is 24.6 Å². The fraction of sp³-hybridized carbons (Fsp3) is 0.222. The molecule has 128 valence electrons. The largest absolute Gasteiger partial charge is 0.333 e. The third-order valence-electron chi connectivity index (χ3n) is 3.99. The SMILES string of the molecule is CC(c1ccccn1)N(C)C(=O)c1ccc(CSc2ncn[nH]2)cc1. The van der Waals surface area contributed by atoms with Crippen molar-refractivity contribution < 1.29 is 4.79 Å². The number of thioether (sulfide) groups is 1. The lowest BCUT2D eigenvalue weighted by Gasteiger charge is -2.24. The van der Waals surface area contributed by atoms with E-state index in [4.69, 9.17) is 0 Å². The zero-order chi connectivity index (χ0) is 17.6. The van der Waals surface area contributed by atoms with Crippen molar-refractivity contribution in [1.82, 2.24) is 25.1 Å². The minimum atomic E-state index is -0.0876. The molecule has 1 unspecified atom stereocenters. The van der Waals surface area contributed by atoms with Gasteiger partial charge in [0.05, 0.1) is 11.7 Å². The molecule has 6 nitrogen and oxygen atoms in total. The molecule has 1 N–H and O–H groups in total. The minimum Gasteiger partial charge on any atom is -0.333 e. The summed E-state index contributed by atoms with van der Waals surface area (Å²) >= 11 is 1.57. The van der Waals surface area contributed by atoms with E-state index in [0.29, 0.717) is 5.56 Å². The number of rotatable bonds is 6. The maximum absolute atomic E-state index is 12.7. The molecule has 0 bridgehead atoms. The predicted octanol–water partition coefficient (Wildman–Crippen LogP) is 3.33. The van der Waals surface area contributed by atoms with E-state index >= 15 is 0 Å². The lowest BCUT2D eigenvalue weighted by atomic mass is 10.1. The number of H-pyrrole nitrogens is 1. The summed E-state index contributed by atoms with van der Waals surface area (Å²) in [6, 6.07) is 13.3. The van der Waals surface area contributed by atoms with Crippen LogP contribution in [0.25, 0.3) is 0 Å². The Morgan fingerprint density at radius 2 is 2.00 bits per heavy atom. The first-order chi connectivity index (χ1) is 12.1. The average molecular weight is 353 g/mol. The number of carbonyl (C=O) groups excluding carboxylic acids is 1. The number of carbonyl (C=O) groups is 1. The van der Waals surface area contributed by atoms with Crippen LogP contribution in [-0.2, 0) is 5.75 Å². The maximum Gasteiger partial charge on any atom is 0.254 e. The lowest BCUT2D eigenvalue weighted by Crippen LogP contribution is -2.30. The number of amides is 1. The molecule has 0 aliphatic rings. The first-order valence-corrected chi connectivity index (χ1v) is 8.89. The van der Waals surface area contributed by atoms with Crippen molar-refractivity contribution >= 4 is 17.7 Å². The van der Waals surface area contributed by atoms with Crippen molar-refractivity contribution in [3.05, 3.63) is 71.8 Å². The fourth-order valence-electron chi connectivity index (χ4n) is 2.36. The Balaban J connectivity index is 1.63. The van der Waals surface area contributed by atoms with Crippen LogP contribution in [0.1, 0.15) is 34.6 Å². The van der Waals surface area contributed by atoms with E-state index < -0.39 is 0 Å². The van der Waals surface area contributed by atoms with Crippen molar-refractivity contribution in [2.24, 2.45) is 0 Å². The van der Waals surface area contributed by atoms with Crippen LogP contribution in [0.4, 0.5) is 0 Å². The molecule has 1 atom stereocenters. The number of aromatic amines is 1. The van der Waals surface area contributed by atoms with Gasteiger partial charge in [0.1, 0.15) is 6.33 Å². The number of nitrogens with one attached hydrogen (secondary N) is 1. The van der Waals surface area contributed by atoms with E-state index in [1.54, 1.807) is 29.9 Å². The van der Waals surface area contributed by atoms with Gasteiger partial charge in [-0.3, -0.25) is 14.9 Å². The Morgan fingerprint density at radius 3 is 2.64 bits per heavy atom. The number of benzene rings is 1. The number of hydrogen-bond acceptors (Lipinski definition) is 5. The van der Waals surface area contributed by atoms with Crippen LogP contribution < -0.4 is 0 Å². The first-order valence-electron chi connectivity index (χ1n) is 7.90. The van der Waals surface area contributed by atoms with Crippen molar-refractivity contribution in [2.75, 3.05) is 7.05 Å². The van der Waals surface area contributed by atoms with Gasteiger partial charge in [-0.05, 0) is 36.8 Å². The molecule has 1 amide bonds. The molecule has 7 heteroatoms. The summed E-state index contributed by atoms with van der Waals surface area (Å²) in [6.45, 7) is 1.97. The maximum atomic E-state index is 12.7. The average Bonchev–Trinajstić information content (AvgIpc) is 3.19. The minimum absolute atomic E-state index is 0.0207. The van der Waals surface area contributed by atoms with Gasteiger partial charge in [-0.15, -0.1) is 0 Å². The molecule has 3 aromatic rings. The van der Waals surface area contributed by atoms with Crippen LogP contribution >= 0.6 is 11.8 Å². The molecule has 0 saturated heterocycles. The lowest BCUT2D eigenvalue weighted by molar-refractivity contribution is 0.0740. The summed E-state index contributed by atoms with van der Waals surface area (Å²) in [4.78, 5) is 22.8. The van der Waals surface area contributed by atoms with Gasteiger partial charge >= 0.3 is 0 Å². The number of aromatic nitrogens is 4. The van der Waals surface area contributed by atoms with Crippen LogP contribution in [0.5, 0.6) is 0 Å². The second-order valence-electron chi connectivity index (χ2n) is 5.62. The quantitative estimate of drug-likeness (QED) is 0.688. The number of pyridine rings is 1. The van der Waals surface area contributed by atoms with Crippen LogP contribution in [-0.4, -0.2) is 38.0 Å². The molecule has 0 fully saturated rings. The highest BCUT2D eigenvalue weighted by Gasteiger charge is 2.19. The smallest absolute Gasteiger partial charge is 0.254 e. The Labute approximate surface area is 150 Å². The standard InChI is InChI=1S/C18H19N5OS/c1-13(16-5-3-4-10-19-16)23(2)17(24)15-8-6-14(7-9-15)11-25-18-20-12-21-22-18/h3-10,12-13H,11H2,1-2H3,(H,20,21,22). The first kappa shape index (κ1) is 17.2. The summed E-state index contributed by atoms with van der Waals surface area (Å²) < 4.78 is 0. The molecule has 3 rings (SSSR count). The van der Waals surface area contributed by atoms with Gasteiger partial charge < -0.3 is 4.90 Å². The van der Waals surface area contributed by atoms with E-state index in [1.807, 2.05) is 49.4 Å². The van der Waals surface area contributed by atoms with Gasteiger partial charge in [-0.25, -0.2) is 4.98 Å². The molecule has 0 radical (unpaired) electrons. The Morgan fingerprint density at radius 1 is 1.20 bits per heavy atom. The highest BCUT2D eigenvalue weighted by molar-refractivity contribution is 7.98. The van der Waals surface area contributed by atoms with E-state index in [2.05, 4.69) is 20.2 Å². The van der Waals surface area contributed by atoms with E-state index in [1.165, 1.54) is 6.33 Å². The zero-order valence-corrected chi connectivity index (χ0v) is 14.9. The summed E-state index contributed by atoms with van der Waals surface area (Å²) in [5.74, 6) is 0.747. The zero-order valence-electron chi connectivity index (χ0n) is 14.1. The van der Waals surface area contributed by atoms with Gasteiger partial charge in [0.2, 0.25) is 0 Å². The molecule has 0 spiro atoms. The van der Waals surface area contributed by atoms with E-state index in [0.717, 1.165) is 22.2 Å². The summed E-state index contributed by atoms with van der Waals surface area (Å²) in [7, 11) is 1.80. The van der Waals surface area contributed by atoms with Crippen molar-refractivity contribution in [2.45, 2.75) is 23.9 Å². The van der Waals surface area contributed by atoms with Gasteiger partial charge in [-0.2, -0.15) is 5.10 Å². The summed E-state index contributed by atoms with van der Waals surface area (Å²) in [5.41, 5.74) is 2.66. The molecule has 2 heterocycles. The normalized spacial score (nSPS) is 11.9. The molecular formula is C18H19N5OS. The van der Waals surface area contributed by atoms with Gasteiger partial charge in [0.15, 0.2) is 5.16 Å². The fourth-order valence-corrected chi connectivity index (χ4v) is 3.09. The Bertz CT molecular complexity index is 805. The predicted molar refractivity (Wildman–Crippen MR) is 97.1 cm³/mol. The van der Waals surface area contributed by atoms with Crippen LogP contribution in [0.3, 0.4) is 0 Å². The molecular weight excluding hydrogens is 334 g/mol. The summed E-state index contributed by atoms with van der Waals surface area (Å²) in [6.07, 6.45) is 3.23. The third-order valence-corrected chi connectivity index (χ3v) is 4.93. The van der Waals surface area contributed by atoms with Crippen LogP contribution in [0, 0.1) is 0 Å². The molecule has 25 heavy (non-hydrogen) atoms. The van der Waals surface area contributed by atoms with Gasteiger partial charge in [-0.1, -0.05) is 30.0 Å². The molecule has 2 aromatic heterocycles.